The molecule has 108 valence electrons. The first kappa shape index (κ1) is 13.6. The lowest BCUT2D eigenvalue weighted by molar-refractivity contribution is 0.0981. The lowest BCUT2D eigenvalue weighted by Crippen LogP contribution is -2.46. The third-order valence-corrected chi connectivity index (χ3v) is 4.15. The molecule has 3 atom stereocenters. The van der Waals surface area contributed by atoms with Gasteiger partial charge >= 0.3 is 6.03 Å². The summed E-state index contributed by atoms with van der Waals surface area (Å²) in [4.78, 5) is 11.8. The van der Waals surface area contributed by atoms with Crippen LogP contribution < -0.4 is 10.6 Å². The number of hydrogen-bond acceptors (Lipinski definition) is 2. The molecule has 1 aromatic rings. The van der Waals surface area contributed by atoms with Crippen LogP contribution in [0.2, 0.25) is 5.02 Å². The average Bonchev–Trinajstić information content (AvgIpc) is 3.02. The van der Waals surface area contributed by atoms with Crippen LogP contribution in [-0.4, -0.2) is 24.3 Å². The Bertz CT molecular complexity index is 526. The second kappa shape index (κ2) is 5.58. The summed E-state index contributed by atoms with van der Waals surface area (Å²) in [7, 11) is 0. The highest BCUT2D eigenvalue weighted by Gasteiger charge is 2.41. The minimum Gasteiger partial charge on any atom is -0.373 e. The summed E-state index contributed by atoms with van der Waals surface area (Å²) in [6.07, 6.45) is 3.47. The van der Waals surface area contributed by atoms with Crippen LogP contribution in [0.1, 0.15) is 24.8 Å². The first-order chi connectivity index (χ1) is 9.61. The van der Waals surface area contributed by atoms with E-state index in [2.05, 4.69) is 10.6 Å². The Hall–Kier alpha value is -1.33. The molecule has 2 amide bonds. The predicted octanol–water partition coefficient (Wildman–Crippen LogP) is 2.60. The largest absolute Gasteiger partial charge is 0.373 e. The molecule has 0 unspecified atom stereocenters. The van der Waals surface area contributed by atoms with Crippen molar-refractivity contribution in [2.75, 3.05) is 0 Å². The second-order valence-electron chi connectivity index (χ2n) is 5.29. The number of carbonyl (C=O) groups is 1. The van der Waals surface area contributed by atoms with Gasteiger partial charge in [0.1, 0.15) is 5.82 Å². The van der Waals surface area contributed by atoms with E-state index in [1.165, 1.54) is 12.1 Å². The summed E-state index contributed by atoms with van der Waals surface area (Å²) in [5.41, 5.74) is 0.760. The van der Waals surface area contributed by atoms with Crippen LogP contribution in [0.4, 0.5) is 9.18 Å². The molecule has 6 heteroatoms. The van der Waals surface area contributed by atoms with Gasteiger partial charge in [0.25, 0.3) is 0 Å². The van der Waals surface area contributed by atoms with Crippen LogP contribution >= 0.6 is 11.6 Å². The molecule has 0 saturated carbocycles. The molecule has 4 nitrogen and oxygen atoms in total. The molecule has 2 N–H and O–H groups in total. The van der Waals surface area contributed by atoms with Gasteiger partial charge in [0, 0.05) is 6.54 Å². The van der Waals surface area contributed by atoms with E-state index in [1.807, 2.05) is 0 Å². The van der Waals surface area contributed by atoms with E-state index in [-0.39, 0.29) is 23.2 Å². The maximum atomic E-state index is 13.0. The van der Waals surface area contributed by atoms with Crippen molar-refractivity contribution in [3.63, 3.8) is 0 Å². The summed E-state index contributed by atoms with van der Waals surface area (Å²) >= 11 is 5.69. The van der Waals surface area contributed by atoms with Crippen LogP contribution in [0, 0.1) is 5.82 Å². The smallest absolute Gasteiger partial charge is 0.315 e. The van der Waals surface area contributed by atoms with Crippen molar-refractivity contribution >= 4 is 17.6 Å². The van der Waals surface area contributed by atoms with Gasteiger partial charge in [-0.2, -0.15) is 0 Å². The Balaban J connectivity index is 1.48. The van der Waals surface area contributed by atoms with Gasteiger partial charge in [-0.05, 0) is 37.0 Å². The Morgan fingerprint density at radius 1 is 1.45 bits per heavy atom. The van der Waals surface area contributed by atoms with Crippen molar-refractivity contribution in [3.05, 3.63) is 34.6 Å². The third-order valence-electron chi connectivity index (χ3n) is 3.86. The number of urea groups is 1. The lowest BCUT2D eigenvalue weighted by atomic mass is 9.96. The second-order valence-corrected chi connectivity index (χ2v) is 5.70. The first-order valence-electron chi connectivity index (χ1n) is 6.75. The lowest BCUT2D eigenvalue weighted by Gasteiger charge is -2.20. The van der Waals surface area contributed by atoms with Gasteiger partial charge in [-0.15, -0.1) is 0 Å². The van der Waals surface area contributed by atoms with Gasteiger partial charge in [0.2, 0.25) is 0 Å². The fourth-order valence-corrected chi connectivity index (χ4v) is 3.04. The molecule has 2 bridgehead atoms. The van der Waals surface area contributed by atoms with Gasteiger partial charge in [0.15, 0.2) is 0 Å². The number of carbonyl (C=O) groups excluding carboxylic acids is 1. The zero-order valence-electron chi connectivity index (χ0n) is 10.9. The van der Waals surface area contributed by atoms with Crippen molar-refractivity contribution in [1.82, 2.24) is 10.6 Å². The summed E-state index contributed by atoms with van der Waals surface area (Å²) in [5.74, 6) is -0.459. The normalized spacial score (nSPS) is 27.6. The van der Waals surface area contributed by atoms with Crippen molar-refractivity contribution in [2.24, 2.45) is 0 Å². The van der Waals surface area contributed by atoms with E-state index < -0.39 is 5.82 Å². The highest BCUT2D eigenvalue weighted by atomic mass is 35.5. The molecule has 2 aliphatic rings. The van der Waals surface area contributed by atoms with E-state index in [9.17, 15) is 9.18 Å². The topological polar surface area (TPSA) is 50.4 Å². The SMILES string of the molecule is O=C(NCc1ccc(F)c(Cl)c1)N[C@@H]1C[C@H]2CC[C@@H]1O2. The van der Waals surface area contributed by atoms with Crippen LogP contribution in [0.5, 0.6) is 0 Å². The highest BCUT2D eigenvalue weighted by molar-refractivity contribution is 6.30. The van der Waals surface area contributed by atoms with Crippen molar-refractivity contribution < 1.29 is 13.9 Å². The molecule has 2 aliphatic heterocycles. The van der Waals surface area contributed by atoms with E-state index in [1.54, 1.807) is 6.07 Å². The standard InChI is InChI=1S/C14H16ClFN2O2/c15-10-5-8(1-3-11(10)16)7-17-14(19)18-12-6-9-2-4-13(12)20-9/h1,3,5,9,12-13H,2,4,6-7H2,(H2,17,18,19)/t9-,12-,13+/m1/s1. The maximum absolute atomic E-state index is 13.0. The van der Waals surface area contributed by atoms with Crippen molar-refractivity contribution in [1.29, 1.82) is 0 Å². The number of rotatable bonds is 3. The van der Waals surface area contributed by atoms with Gasteiger partial charge in [0.05, 0.1) is 23.3 Å². The molecule has 0 aromatic heterocycles. The molecule has 0 aliphatic carbocycles. The zero-order chi connectivity index (χ0) is 14.1. The van der Waals surface area contributed by atoms with Crippen LogP contribution in [-0.2, 0) is 11.3 Å². The third kappa shape index (κ3) is 2.88. The van der Waals surface area contributed by atoms with Gasteiger partial charge in [-0.3, -0.25) is 0 Å². The van der Waals surface area contributed by atoms with Gasteiger partial charge < -0.3 is 15.4 Å². The maximum Gasteiger partial charge on any atom is 0.315 e. The van der Waals surface area contributed by atoms with Crippen molar-refractivity contribution in [3.8, 4) is 0 Å². The minimum absolute atomic E-state index is 0.0613. The fraction of sp³-hybridized carbons (Fsp3) is 0.500. The number of benzene rings is 1. The predicted molar refractivity (Wildman–Crippen MR) is 73.1 cm³/mol. The summed E-state index contributed by atoms with van der Waals surface area (Å²) in [6.45, 7) is 0.313. The molecule has 2 saturated heterocycles. The highest BCUT2D eigenvalue weighted by Crippen LogP contribution is 2.34. The fourth-order valence-electron chi connectivity index (χ4n) is 2.84. The number of nitrogens with one attached hydrogen (secondary N) is 2. The summed E-state index contributed by atoms with van der Waals surface area (Å²) < 4.78 is 18.7. The van der Waals surface area contributed by atoms with E-state index >= 15 is 0 Å². The molecule has 1 aromatic carbocycles. The molecule has 2 fully saturated rings. The number of fused-ring (bicyclic) bond motifs is 2. The molecular formula is C14H16ClFN2O2. The Kier molecular flexibility index (Phi) is 3.81. The molecule has 3 rings (SSSR count). The molecular weight excluding hydrogens is 283 g/mol. The first-order valence-corrected chi connectivity index (χ1v) is 7.13. The molecule has 20 heavy (non-hydrogen) atoms. The Morgan fingerprint density at radius 2 is 2.30 bits per heavy atom. The summed E-state index contributed by atoms with van der Waals surface area (Å²) in [5, 5.41) is 5.73. The molecule has 0 radical (unpaired) electrons. The summed E-state index contributed by atoms with van der Waals surface area (Å²) in [6, 6.07) is 4.28. The van der Waals surface area contributed by atoms with Crippen molar-refractivity contribution in [2.45, 2.75) is 44.1 Å². The number of halogens is 2. The minimum atomic E-state index is -0.459. The average molecular weight is 299 g/mol. The van der Waals surface area contributed by atoms with Gasteiger partial charge in [-0.25, -0.2) is 9.18 Å². The van der Waals surface area contributed by atoms with Gasteiger partial charge in [-0.1, -0.05) is 17.7 Å². The monoisotopic (exact) mass is 298 g/mol. The van der Waals surface area contributed by atoms with Crippen LogP contribution in [0.25, 0.3) is 0 Å². The van der Waals surface area contributed by atoms with Crippen LogP contribution in [0.3, 0.4) is 0 Å². The quantitative estimate of drug-likeness (QED) is 0.901. The zero-order valence-corrected chi connectivity index (χ0v) is 11.6. The van der Waals surface area contributed by atoms with E-state index in [4.69, 9.17) is 16.3 Å². The molecule has 2 heterocycles. The van der Waals surface area contributed by atoms with E-state index in [0.29, 0.717) is 12.6 Å². The van der Waals surface area contributed by atoms with E-state index in [0.717, 1.165) is 24.8 Å². The number of ether oxygens (including phenoxy) is 1. The Labute approximate surface area is 121 Å². The number of amides is 2. The number of hydrogen-bond donors (Lipinski definition) is 2. The Morgan fingerprint density at radius 3 is 2.95 bits per heavy atom. The molecule has 0 spiro atoms. The van der Waals surface area contributed by atoms with Crippen LogP contribution in [0.15, 0.2) is 18.2 Å².